The Balaban J connectivity index is 0. The molecule has 0 heterocycles. The van der Waals surface area contributed by atoms with E-state index in [2.05, 4.69) is 96.9 Å². The van der Waals surface area contributed by atoms with Gasteiger partial charge in [0.2, 0.25) is 0 Å². The van der Waals surface area contributed by atoms with Gasteiger partial charge in [-0.3, -0.25) is 0 Å². The Morgan fingerprint density at radius 3 is 0.630 bits per heavy atom. The number of benzene rings is 1. The van der Waals surface area contributed by atoms with E-state index in [1.165, 1.54) is 6.42 Å². The second-order valence-electron chi connectivity index (χ2n) is 13.3. The van der Waals surface area contributed by atoms with Crippen molar-refractivity contribution in [3.63, 3.8) is 0 Å². The molecular weight excluding hydrogens is 324 g/mol. The van der Waals surface area contributed by atoms with Crippen molar-refractivity contribution < 1.29 is 0 Å². The first-order valence-corrected chi connectivity index (χ1v) is 10.7. The Hall–Kier alpha value is -0.780. The lowest BCUT2D eigenvalue weighted by Crippen LogP contribution is -2.16. The highest BCUT2D eigenvalue weighted by atomic mass is 14.5. The number of hydrogen-bond donors (Lipinski definition) is 0. The van der Waals surface area contributed by atoms with Gasteiger partial charge >= 0.3 is 0 Å². The molecule has 27 heavy (non-hydrogen) atoms. The van der Waals surface area contributed by atoms with Gasteiger partial charge in [0.05, 0.1) is 0 Å². The first-order chi connectivity index (χ1) is 11.7. The summed E-state index contributed by atoms with van der Waals surface area (Å²) in [5, 5.41) is 0. The minimum Gasteiger partial charge on any atom is -0.0623 e. The summed E-state index contributed by atoms with van der Waals surface area (Å²) >= 11 is 0. The van der Waals surface area contributed by atoms with E-state index in [1.54, 1.807) is 0 Å². The monoisotopic (exact) mass is 376 g/mol. The van der Waals surface area contributed by atoms with Crippen molar-refractivity contribution >= 4 is 0 Å². The third kappa shape index (κ3) is 25.2. The summed E-state index contributed by atoms with van der Waals surface area (Å²) in [6, 6.07) is 12.0. The summed E-state index contributed by atoms with van der Waals surface area (Å²) in [4.78, 5) is 0. The van der Waals surface area contributed by atoms with Crippen LogP contribution < -0.4 is 0 Å². The molecule has 1 aliphatic rings. The van der Waals surface area contributed by atoms with Crippen molar-refractivity contribution in [2.75, 3.05) is 0 Å². The lowest BCUT2D eigenvalue weighted by molar-refractivity contribution is 0.254. The summed E-state index contributed by atoms with van der Waals surface area (Å²) in [6.07, 6.45) is 1.45. The Kier molecular flexibility index (Phi) is 11.9. The van der Waals surface area contributed by atoms with Gasteiger partial charge in [-0.05, 0) is 39.9 Å². The minimum atomic E-state index is 0.500. The van der Waals surface area contributed by atoms with Crippen molar-refractivity contribution in [1.29, 1.82) is 0 Å². The van der Waals surface area contributed by atoms with Crippen LogP contribution in [0, 0.1) is 33.5 Å². The van der Waals surface area contributed by atoms with Crippen molar-refractivity contribution in [3.8, 4) is 0 Å². The molecule has 1 saturated carbocycles. The van der Waals surface area contributed by atoms with Gasteiger partial charge in [-0.25, -0.2) is 0 Å². The van der Waals surface area contributed by atoms with Gasteiger partial charge in [-0.1, -0.05) is 133 Å². The van der Waals surface area contributed by atoms with Crippen LogP contribution in [0.2, 0.25) is 0 Å². The summed E-state index contributed by atoms with van der Waals surface area (Å²) in [6.45, 7) is 31.7. The quantitative estimate of drug-likeness (QED) is 0.423. The van der Waals surface area contributed by atoms with E-state index in [4.69, 9.17) is 0 Å². The predicted molar refractivity (Wildman–Crippen MR) is 127 cm³/mol. The molecule has 2 atom stereocenters. The molecule has 2 rings (SSSR count). The van der Waals surface area contributed by atoms with Crippen molar-refractivity contribution in [2.24, 2.45) is 33.5 Å². The lowest BCUT2D eigenvalue weighted by atomic mass is 9.81. The molecular formula is C27H52. The van der Waals surface area contributed by atoms with Gasteiger partial charge in [-0.15, -0.1) is 0 Å². The molecule has 1 aromatic rings. The first kappa shape index (κ1) is 28.4. The number of rotatable bonds is 0. The van der Waals surface area contributed by atoms with Gasteiger partial charge in [0.25, 0.3) is 0 Å². The Morgan fingerprint density at radius 2 is 0.556 bits per heavy atom. The van der Waals surface area contributed by atoms with E-state index < -0.39 is 0 Å². The zero-order valence-electron chi connectivity index (χ0n) is 21.3. The van der Waals surface area contributed by atoms with Crippen LogP contribution in [0.4, 0.5) is 0 Å². The highest BCUT2D eigenvalue weighted by Crippen LogP contribution is 2.58. The Morgan fingerprint density at radius 1 is 0.407 bits per heavy atom. The molecule has 0 aliphatic heterocycles. The maximum absolute atomic E-state index is 2.36. The minimum absolute atomic E-state index is 0.500. The molecule has 0 N–H and O–H groups in total. The van der Waals surface area contributed by atoms with Crippen LogP contribution in [-0.4, -0.2) is 0 Å². The normalized spacial score (nSPS) is 19.3. The van der Waals surface area contributed by atoms with Crippen LogP contribution in [0.1, 0.15) is 103 Å². The molecule has 0 heteroatoms. The maximum atomic E-state index is 2.36. The van der Waals surface area contributed by atoms with Crippen molar-refractivity contribution in [2.45, 2.75) is 103 Å². The average molecular weight is 377 g/mol. The molecule has 0 nitrogen and oxygen atoms in total. The summed E-state index contributed by atoms with van der Waals surface area (Å²) in [7, 11) is 0. The van der Waals surface area contributed by atoms with Gasteiger partial charge in [0.1, 0.15) is 0 Å². The largest absolute Gasteiger partial charge is 0.0623 e. The first-order valence-electron chi connectivity index (χ1n) is 10.7. The highest BCUT2D eigenvalue weighted by Gasteiger charge is 2.50. The van der Waals surface area contributed by atoms with Crippen LogP contribution in [-0.2, 0) is 0 Å². The SMILES string of the molecule is CC(C)(C)C.CC(C)(C)C.CC(C)(C)C1CC1C(C)(C)C.c1ccccc1. The Bertz CT molecular complexity index is 385. The van der Waals surface area contributed by atoms with Crippen molar-refractivity contribution in [3.05, 3.63) is 36.4 Å². The number of hydrogen-bond acceptors (Lipinski definition) is 0. The van der Waals surface area contributed by atoms with E-state index >= 15 is 0 Å². The van der Waals surface area contributed by atoms with Crippen LogP contribution >= 0.6 is 0 Å². The summed E-state index contributed by atoms with van der Waals surface area (Å²) in [5.41, 5.74) is 2.08. The Labute approximate surface area is 173 Å². The van der Waals surface area contributed by atoms with E-state index in [1.807, 2.05) is 36.4 Å². The van der Waals surface area contributed by atoms with E-state index in [0.29, 0.717) is 21.7 Å². The molecule has 2 unspecified atom stereocenters. The van der Waals surface area contributed by atoms with E-state index in [9.17, 15) is 0 Å². The van der Waals surface area contributed by atoms with Gasteiger partial charge in [0, 0.05) is 0 Å². The zero-order valence-corrected chi connectivity index (χ0v) is 21.3. The standard InChI is InChI=1S/C11H22.C6H6.2C5H12/c1-10(2,3)8-7-9(8)11(4,5)6;1-2-4-6-5-3-1;2*1-5(2,3)4/h8-9H,7H2,1-6H3;1-6H;2*1-4H3. The molecule has 1 fully saturated rings. The third-order valence-corrected chi connectivity index (χ3v) is 3.68. The summed E-state index contributed by atoms with van der Waals surface area (Å²) in [5.74, 6) is 1.95. The fourth-order valence-electron chi connectivity index (χ4n) is 2.49. The smallest absolute Gasteiger partial charge is 0.0329 e. The third-order valence-electron chi connectivity index (χ3n) is 3.68. The van der Waals surface area contributed by atoms with E-state index in [0.717, 1.165) is 11.8 Å². The molecule has 0 spiro atoms. The van der Waals surface area contributed by atoms with Gasteiger partial charge < -0.3 is 0 Å². The lowest BCUT2D eigenvalue weighted by Gasteiger charge is -2.24. The van der Waals surface area contributed by atoms with Crippen LogP contribution in [0.3, 0.4) is 0 Å². The molecule has 0 aromatic heterocycles. The fourth-order valence-corrected chi connectivity index (χ4v) is 2.49. The van der Waals surface area contributed by atoms with Gasteiger partial charge in [0.15, 0.2) is 0 Å². The van der Waals surface area contributed by atoms with E-state index in [-0.39, 0.29) is 0 Å². The molecule has 0 amide bonds. The second kappa shape index (κ2) is 11.3. The molecule has 160 valence electrons. The maximum Gasteiger partial charge on any atom is -0.0329 e. The fraction of sp³-hybridized carbons (Fsp3) is 0.778. The predicted octanol–water partition coefficient (Wildman–Crippen LogP) is 9.51. The molecule has 1 aliphatic carbocycles. The van der Waals surface area contributed by atoms with Crippen LogP contribution in [0.25, 0.3) is 0 Å². The highest BCUT2D eigenvalue weighted by molar-refractivity contribution is 5.00. The molecule has 0 bridgehead atoms. The molecule has 0 radical (unpaired) electrons. The van der Waals surface area contributed by atoms with Crippen LogP contribution in [0.5, 0.6) is 0 Å². The zero-order chi connectivity index (χ0) is 22.1. The van der Waals surface area contributed by atoms with Crippen LogP contribution in [0.15, 0.2) is 36.4 Å². The second-order valence-corrected chi connectivity index (χ2v) is 13.3. The average Bonchev–Trinajstić information content (AvgIpc) is 3.16. The van der Waals surface area contributed by atoms with Gasteiger partial charge in [-0.2, -0.15) is 0 Å². The molecule has 0 saturated heterocycles. The topological polar surface area (TPSA) is 0 Å². The summed E-state index contributed by atoms with van der Waals surface area (Å²) < 4.78 is 0. The molecule has 1 aromatic carbocycles. The van der Waals surface area contributed by atoms with Crippen molar-refractivity contribution in [1.82, 2.24) is 0 Å².